The molecule has 0 spiro atoms. The van der Waals surface area contributed by atoms with Gasteiger partial charge in [0, 0.05) is 0 Å². The Hall–Kier alpha value is -1.36. The van der Waals surface area contributed by atoms with Crippen LogP contribution in [-0.2, 0) is 9.84 Å². The number of rotatable bonds is 3. The van der Waals surface area contributed by atoms with Crippen LogP contribution in [0, 0.1) is 6.92 Å². The van der Waals surface area contributed by atoms with Crippen molar-refractivity contribution < 1.29 is 18.3 Å². The van der Waals surface area contributed by atoms with Crippen molar-refractivity contribution in [1.82, 2.24) is 0 Å². The van der Waals surface area contributed by atoms with Crippen molar-refractivity contribution in [3.05, 3.63) is 29.3 Å². The summed E-state index contributed by atoms with van der Waals surface area (Å²) in [6, 6.07) is 4.28. The minimum atomic E-state index is -3.39. The maximum atomic E-state index is 12.4. The molecule has 0 bridgehead atoms. The van der Waals surface area contributed by atoms with Crippen LogP contribution < -0.4 is 0 Å². The standard InChI is InChI=1S/C13H16O4S/c1-9-6-7-10(13(14)15)8-12(9)18(16,17)11-4-2-3-5-11/h6-8,11H,2-5H2,1H3,(H,14,15). The molecule has 5 heteroatoms. The van der Waals surface area contributed by atoms with E-state index in [4.69, 9.17) is 5.11 Å². The van der Waals surface area contributed by atoms with Crippen molar-refractivity contribution >= 4 is 15.8 Å². The van der Waals surface area contributed by atoms with Crippen molar-refractivity contribution in [3.63, 3.8) is 0 Å². The molecule has 1 aromatic carbocycles. The molecule has 1 saturated carbocycles. The van der Waals surface area contributed by atoms with Gasteiger partial charge in [-0.25, -0.2) is 13.2 Å². The van der Waals surface area contributed by atoms with E-state index >= 15 is 0 Å². The molecule has 0 unspecified atom stereocenters. The maximum Gasteiger partial charge on any atom is 0.335 e. The van der Waals surface area contributed by atoms with Gasteiger partial charge in [0.05, 0.1) is 15.7 Å². The molecule has 1 fully saturated rings. The average Bonchev–Trinajstić information content (AvgIpc) is 2.82. The summed E-state index contributed by atoms with van der Waals surface area (Å²) in [5.74, 6) is -1.10. The van der Waals surface area contributed by atoms with Crippen molar-refractivity contribution in [2.75, 3.05) is 0 Å². The third-order valence-electron chi connectivity index (χ3n) is 3.48. The first kappa shape index (κ1) is 13.1. The van der Waals surface area contributed by atoms with Gasteiger partial charge in [-0.1, -0.05) is 18.9 Å². The Labute approximate surface area is 107 Å². The van der Waals surface area contributed by atoms with Gasteiger partial charge in [0.15, 0.2) is 9.84 Å². The van der Waals surface area contributed by atoms with Crippen LogP contribution in [0.15, 0.2) is 23.1 Å². The summed E-state index contributed by atoms with van der Waals surface area (Å²) in [4.78, 5) is 11.1. The van der Waals surface area contributed by atoms with E-state index in [0.29, 0.717) is 18.4 Å². The highest BCUT2D eigenvalue weighted by atomic mass is 32.2. The summed E-state index contributed by atoms with van der Waals surface area (Å²) < 4.78 is 24.9. The minimum Gasteiger partial charge on any atom is -0.478 e. The molecule has 0 aromatic heterocycles. The second-order valence-electron chi connectivity index (χ2n) is 4.74. The lowest BCUT2D eigenvalue weighted by Crippen LogP contribution is -2.19. The zero-order chi connectivity index (χ0) is 13.3. The second kappa shape index (κ2) is 4.72. The molecule has 1 aliphatic rings. The third-order valence-corrected chi connectivity index (χ3v) is 5.88. The first-order valence-electron chi connectivity index (χ1n) is 6.01. The first-order valence-corrected chi connectivity index (χ1v) is 7.55. The Morgan fingerprint density at radius 3 is 2.44 bits per heavy atom. The highest BCUT2D eigenvalue weighted by Gasteiger charge is 2.31. The lowest BCUT2D eigenvalue weighted by molar-refractivity contribution is 0.0696. The van der Waals surface area contributed by atoms with Gasteiger partial charge in [0.25, 0.3) is 0 Å². The normalized spacial score (nSPS) is 16.9. The largest absolute Gasteiger partial charge is 0.478 e. The molecule has 18 heavy (non-hydrogen) atoms. The summed E-state index contributed by atoms with van der Waals surface area (Å²) in [6.07, 6.45) is 3.22. The second-order valence-corrected chi connectivity index (χ2v) is 6.93. The molecule has 1 aliphatic carbocycles. The van der Waals surface area contributed by atoms with Gasteiger partial charge in [-0.15, -0.1) is 0 Å². The van der Waals surface area contributed by atoms with E-state index in [1.807, 2.05) is 0 Å². The molecular weight excluding hydrogens is 252 g/mol. The molecule has 0 atom stereocenters. The van der Waals surface area contributed by atoms with Gasteiger partial charge in [0.1, 0.15) is 0 Å². The SMILES string of the molecule is Cc1ccc(C(=O)O)cc1S(=O)(=O)C1CCCC1. The molecule has 0 radical (unpaired) electrons. The number of hydrogen-bond donors (Lipinski definition) is 1. The number of sulfone groups is 1. The summed E-state index contributed by atoms with van der Waals surface area (Å²) in [5.41, 5.74) is 0.643. The van der Waals surface area contributed by atoms with E-state index in [1.54, 1.807) is 13.0 Å². The molecule has 4 nitrogen and oxygen atoms in total. The highest BCUT2D eigenvalue weighted by molar-refractivity contribution is 7.92. The van der Waals surface area contributed by atoms with Crippen LogP contribution in [0.5, 0.6) is 0 Å². The summed E-state index contributed by atoms with van der Waals surface area (Å²) in [5, 5.41) is 8.59. The Balaban J connectivity index is 2.49. The topological polar surface area (TPSA) is 71.4 Å². The van der Waals surface area contributed by atoms with Gasteiger partial charge in [-0.3, -0.25) is 0 Å². The molecule has 0 aliphatic heterocycles. The van der Waals surface area contributed by atoms with Crippen LogP contribution in [0.3, 0.4) is 0 Å². The van der Waals surface area contributed by atoms with E-state index in [1.165, 1.54) is 12.1 Å². The first-order chi connectivity index (χ1) is 8.43. The summed E-state index contributed by atoms with van der Waals surface area (Å²) >= 11 is 0. The summed E-state index contributed by atoms with van der Waals surface area (Å²) in [7, 11) is -3.39. The Kier molecular flexibility index (Phi) is 3.43. The monoisotopic (exact) mass is 268 g/mol. The molecule has 1 N–H and O–H groups in total. The highest BCUT2D eigenvalue weighted by Crippen LogP contribution is 2.31. The lowest BCUT2D eigenvalue weighted by Gasteiger charge is -2.13. The number of aromatic carboxylic acids is 1. The lowest BCUT2D eigenvalue weighted by atomic mass is 10.1. The average molecular weight is 268 g/mol. The zero-order valence-corrected chi connectivity index (χ0v) is 11.0. The van der Waals surface area contributed by atoms with Crippen molar-refractivity contribution in [2.45, 2.75) is 42.8 Å². The number of hydrogen-bond acceptors (Lipinski definition) is 3. The van der Waals surface area contributed by atoms with Gasteiger partial charge in [-0.05, 0) is 37.5 Å². The molecule has 0 heterocycles. The van der Waals surface area contributed by atoms with Gasteiger partial charge in [0.2, 0.25) is 0 Å². The van der Waals surface area contributed by atoms with Crippen LogP contribution in [0.2, 0.25) is 0 Å². The van der Waals surface area contributed by atoms with E-state index in [0.717, 1.165) is 12.8 Å². The zero-order valence-electron chi connectivity index (χ0n) is 10.2. The number of carboxylic acids is 1. The van der Waals surface area contributed by atoms with Crippen LogP contribution >= 0.6 is 0 Å². The predicted molar refractivity (Wildman–Crippen MR) is 67.6 cm³/mol. The van der Waals surface area contributed by atoms with Crippen molar-refractivity contribution in [1.29, 1.82) is 0 Å². The fourth-order valence-corrected chi connectivity index (χ4v) is 4.54. The van der Waals surface area contributed by atoms with Gasteiger partial charge < -0.3 is 5.11 Å². The number of carbonyl (C=O) groups is 1. The molecular formula is C13H16O4S. The van der Waals surface area contributed by atoms with Gasteiger partial charge >= 0.3 is 5.97 Å². The summed E-state index contributed by atoms with van der Waals surface area (Å²) in [6.45, 7) is 1.70. The fraction of sp³-hybridized carbons (Fsp3) is 0.462. The quantitative estimate of drug-likeness (QED) is 0.913. The number of carboxylic acid groups (broad SMARTS) is 1. The molecule has 2 rings (SSSR count). The van der Waals surface area contributed by atoms with Crippen LogP contribution in [0.4, 0.5) is 0 Å². The smallest absolute Gasteiger partial charge is 0.335 e. The van der Waals surface area contributed by atoms with E-state index in [9.17, 15) is 13.2 Å². The molecule has 0 saturated heterocycles. The Bertz CT molecular complexity index is 569. The molecule has 1 aromatic rings. The number of benzene rings is 1. The van der Waals surface area contributed by atoms with Crippen LogP contribution in [0.25, 0.3) is 0 Å². The Morgan fingerprint density at radius 1 is 1.28 bits per heavy atom. The van der Waals surface area contributed by atoms with Crippen LogP contribution in [-0.4, -0.2) is 24.7 Å². The minimum absolute atomic E-state index is 0.0252. The third kappa shape index (κ3) is 2.27. The number of aryl methyl sites for hydroxylation is 1. The Morgan fingerprint density at radius 2 is 1.89 bits per heavy atom. The van der Waals surface area contributed by atoms with E-state index < -0.39 is 15.8 Å². The molecule has 98 valence electrons. The maximum absolute atomic E-state index is 12.4. The van der Waals surface area contributed by atoms with Crippen molar-refractivity contribution in [3.8, 4) is 0 Å². The fourth-order valence-electron chi connectivity index (χ4n) is 2.42. The predicted octanol–water partition coefficient (Wildman–Crippen LogP) is 2.41. The van der Waals surface area contributed by atoms with Crippen molar-refractivity contribution in [2.24, 2.45) is 0 Å². The van der Waals surface area contributed by atoms with E-state index in [2.05, 4.69) is 0 Å². The van der Waals surface area contributed by atoms with Crippen LogP contribution in [0.1, 0.15) is 41.6 Å². The van der Waals surface area contributed by atoms with Gasteiger partial charge in [-0.2, -0.15) is 0 Å². The molecule has 0 amide bonds. The van der Waals surface area contributed by atoms with E-state index in [-0.39, 0.29) is 15.7 Å².